The number of H-pyrrole nitrogens is 1. The van der Waals surface area contributed by atoms with Crippen LogP contribution in [0.2, 0.25) is 0 Å². The van der Waals surface area contributed by atoms with Crippen molar-refractivity contribution in [3.63, 3.8) is 0 Å². The number of nitrogens with one attached hydrogen (secondary N) is 2. The quantitative estimate of drug-likeness (QED) is 0.245. The number of pyridine rings is 1. The summed E-state index contributed by atoms with van der Waals surface area (Å²) < 4.78 is 0. The van der Waals surface area contributed by atoms with E-state index in [1.807, 2.05) is 25.3 Å². The molecule has 35 heavy (non-hydrogen) atoms. The highest BCUT2D eigenvalue weighted by Crippen LogP contribution is 2.22. The second kappa shape index (κ2) is 16.1. The molecule has 1 unspecified atom stereocenters. The van der Waals surface area contributed by atoms with E-state index in [0.717, 1.165) is 49.2 Å². The van der Waals surface area contributed by atoms with Crippen LogP contribution in [0.1, 0.15) is 90.6 Å². The summed E-state index contributed by atoms with van der Waals surface area (Å²) in [6, 6.07) is 3.98. The molecule has 2 rings (SSSR count). The van der Waals surface area contributed by atoms with Crippen LogP contribution < -0.4 is 5.32 Å². The Hall–Kier alpha value is -2.67. The van der Waals surface area contributed by atoms with Crippen molar-refractivity contribution in [2.24, 2.45) is 0 Å². The Morgan fingerprint density at radius 2 is 1.60 bits per heavy atom. The van der Waals surface area contributed by atoms with Gasteiger partial charge in [-0.15, -0.1) is 16.9 Å². The molecule has 0 saturated heterocycles. The zero-order chi connectivity index (χ0) is 25.5. The predicted molar refractivity (Wildman–Crippen MR) is 150 cm³/mol. The Morgan fingerprint density at radius 3 is 2.17 bits per heavy atom. The topological polar surface area (TPSA) is 79.4 Å². The number of rotatable bonds is 15. The van der Waals surface area contributed by atoms with E-state index in [4.69, 9.17) is 0 Å². The summed E-state index contributed by atoms with van der Waals surface area (Å²) in [6.07, 6.45) is 15.7. The van der Waals surface area contributed by atoms with Gasteiger partial charge in [0, 0.05) is 11.9 Å². The first kappa shape index (κ1) is 28.6. The number of aromatic nitrogens is 5. The van der Waals surface area contributed by atoms with Gasteiger partial charge in [0.05, 0.1) is 6.04 Å². The fourth-order valence-electron chi connectivity index (χ4n) is 3.47. The van der Waals surface area contributed by atoms with Crippen molar-refractivity contribution in [1.82, 2.24) is 25.6 Å². The molecule has 0 radical (unpaired) electrons. The van der Waals surface area contributed by atoms with Gasteiger partial charge in [-0.3, -0.25) is 0 Å². The Labute approximate surface area is 215 Å². The number of anilines is 1. The van der Waals surface area contributed by atoms with E-state index in [9.17, 15) is 0 Å². The molecule has 0 saturated carbocycles. The minimum atomic E-state index is -0.0464. The van der Waals surface area contributed by atoms with E-state index in [0.29, 0.717) is 5.82 Å². The van der Waals surface area contributed by atoms with E-state index >= 15 is 0 Å². The Kier molecular flexibility index (Phi) is 13.1. The number of hydrogen-bond donors (Lipinski definition) is 2. The monoisotopic (exact) mass is 494 g/mol. The second-order valence-electron chi connectivity index (χ2n) is 9.50. The zero-order valence-electron chi connectivity index (χ0n) is 22.3. The van der Waals surface area contributed by atoms with Crippen LogP contribution in [0.15, 0.2) is 64.3 Å². The third-order valence-electron chi connectivity index (χ3n) is 5.63. The van der Waals surface area contributed by atoms with Crippen LogP contribution >= 0.6 is 11.8 Å². The van der Waals surface area contributed by atoms with Crippen LogP contribution in [-0.4, -0.2) is 31.4 Å². The van der Waals surface area contributed by atoms with E-state index < -0.39 is 0 Å². The first-order valence-corrected chi connectivity index (χ1v) is 13.5. The van der Waals surface area contributed by atoms with Crippen molar-refractivity contribution in [3.05, 3.63) is 75.6 Å². The SMILES string of the molecule is CC(C)=CCCC(C)=CCCC(C)=CCCC(C)=CSCC(Nc1ccc(C)cn1)c1nnn[nH]1. The molecule has 0 amide bonds. The van der Waals surface area contributed by atoms with E-state index in [1.54, 1.807) is 11.8 Å². The van der Waals surface area contributed by atoms with Gasteiger partial charge >= 0.3 is 0 Å². The summed E-state index contributed by atoms with van der Waals surface area (Å²) in [5.74, 6) is 2.33. The molecule has 0 bridgehead atoms. The number of aromatic amines is 1. The summed E-state index contributed by atoms with van der Waals surface area (Å²) in [5, 5.41) is 20.1. The fraction of sp³-hybridized carbons (Fsp3) is 0.500. The number of tetrazole rings is 1. The molecule has 7 heteroatoms. The molecule has 2 heterocycles. The van der Waals surface area contributed by atoms with Crippen LogP contribution in [0.4, 0.5) is 5.82 Å². The number of hydrogen-bond acceptors (Lipinski definition) is 6. The van der Waals surface area contributed by atoms with Crippen molar-refractivity contribution < 1.29 is 0 Å². The van der Waals surface area contributed by atoms with Crippen molar-refractivity contribution in [1.29, 1.82) is 0 Å². The maximum atomic E-state index is 4.45. The maximum Gasteiger partial charge on any atom is 0.171 e. The van der Waals surface area contributed by atoms with Crippen LogP contribution in [0.3, 0.4) is 0 Å². The largest absolute Gasteiger partial charge is 0.359 e. The van der Waals surface area contributed by atoms with Gasteiger partial charge < -0.3 is 5.32 Å². The number of thioether (sulfide) groups is 1. The Balaban J connectivity index is 1.74. The Morgan fingerprint density at radius 1 is 0.943 bits per heavy atom. The molecule has 0 aliphatic rings. The van der Waals surface area contributed by atoms with Gasteiger partial charge in [-0.1, -0.05) is 46.6 Å². The van der Waals surface area contributed by atoms with Gasteiger partial charge in [-0.2, -0.15) is 0 Å². The van der Waals surface area contributed by atoms with Crippen molar-refractivity contribution in [2.45, 2.75) is 86.1 Å². The molecule has 0 spiro atoms. The minimum absolute atomic E-state index is 0.0464. The van der Waals surface area contributed by atoms with Crippen LogP contribution in [-0.2, 0) is 0 Å². The van der Waals surface area contributed by atoms with Crippen LogP contribution in [0, 0.1) is 6.92 Å². The lowest BCUT2D eigenvalue weighted by Crippen LogP contribution is -2.16. The molecule has 190 valence electrons. The highest BCUT2D eigenvalue weighted by molar-refractivity contribution is 8.02. The molecule has 0 aromatic carbocycles. The van der Waals surface area contributed by atoms with Gasteiger partial charge in [-0.05, 0) is 108 Å². The highest BCUT2D eigenvalue weighted by Gasteiger charge is 2.15. The van der Waals surface area contributed by atoms with Crippen LogP contribution in [0.5, 0.6) is 0 Å². The molecule has 0 fully saturated rings. The molecule has 0 aliphatic carbocycles. The van der Waals surface area contributed by atoms with Gasteiger partial charge in [0.15, 0.2) is 5.82 Å². The number of nitrogens with zero attached hydrogens (tertiary/aromatic N) is 4. The van der Waals surface area contributed by atoms with Crippen molar-refractivity contribution in [2.75, 3.05) is 11.1 Å². The van der Waals surface area contributed by atoms with Crippen LogP contribution in [0.25, 0.3) is 0 Å². The third-order valence-corrected chi connectivity index (χ3v) is 6.72. The lowest BCUT2D eigenvalue weighted by atomic mass is 10.0. The Bertz CT molecular complexity index is 983. The average Bonchev–Trinajstić information content (AvgIpc) is 3.34. The second-order valence-corrected chi connectivity index (χ2v) is 10.4. The van der Waals surface area contributed by atoms with Gasteiger partial charge in [0.25, 0.3) is 0 Å². The normalized spacial score (nSPS) is 13.6. The smallest absolute Gasteiger partial charge is 0.171 e. The van der Waals surface area contributed by atoms with Gasteiger partial charge in [0.1, 0.15) is 5.82 Å². The van der Waals surface area contributed by atoms with E-state index in [1.165, 1.54) is 28.7 Å². The standard InChI is InChI=1S/C28H42N6S/c1-21(2)10-7-11-22(3)12-8-13-23(4)14-9-15-25(6)19-35-20-26(28-31-33-34-32-28)30-27-17-16-24(5)18-29-27/h10,12,14,16-19,26H,7-9,11,13,15,20H2,1-6H3,(H,29,30)(H,31,32,33,34). The van der Waals surface area contributed by atoms with E-state index in [-0.39, 0.29) is 6.04 Å². The lowest BCUT2D eigenvalue weighted by Gasteiger charge is -2.15. The molecule has 2 aromatic rings. The lowest BCUT2D eigenvalue weighted by molar-refractivity contribution is 0.799. The predicted octanol–water partition coefficient (Wildman–Crippen LogP) is 7.89. The zero-order valence-corrected chi connectivity index (χ0v) is 23.1. The summed E-state index contributed by atoms with van der Waals surface area (Å²) in [5.41, 5.74) is 6.90. The molecule has 6 nitrogen and oxygen atoms in total. The molecule has 2 N–H and O–H groups in total. The summed E-state index contributed by atoms with van der Waals surface area (Å²) in [6.45, 7) is 13.1. The highest BCUT2D eigenvalue weighted by atomic mass is 32.2. The number of aryl methyl sites for hydroxylation is 1. The number of allylic oxidation sites excluding steroid dienone is 7. The summed E-state index contributed by atoms with van der Waals surface area (Å²) in [7, 11) is 0. The molecular weight excluding hydrogens is 452 g/mol. The maximum absolute atomic E-state index is 4.45. The van der Waals surface area contributed by atoms with Crippen molar-refractivity contribution in [3.8, 4) is 0 Å². The molecule has 2 aromatic heterocycles. The average molecular weight is 495 g/mol. The van der Waals surface area contributed by atoms with E-state index in [2.05, 4.69) is 89.2 Å². The minimum Gasteiger partial charge on any atom is -0.359 e. The van der Waals surface area contributed by atoms with Gasteiger partial charge in [-0.25, -0.2) is 10.1 Å². The van der Waals surface area contributed by atoms with Crippen molar-refractivity contribution >= 4 is 17.6 Å². The molecular formula is C28H42N6S. The van der Waals surface area contributed by atoms with Gasteiger partial charge in [0.2, 0.25) is 0 Å². The first-order chi connectivity index (χ1) is 16.8. The fourth-order valence-corrected chi connectivity index (χ4v) is 4.40. The first-order valence-electron chi connectivity index (χ1n) is 12.5. The summed E-state index contributed by atoms with van der Waals surface area (Å²) in [4.78, 5) is 4.45. The molecule has 1 atom stereocenters. The summed E-state index contributed by atoms with van der Waals surface area (Å²) >= 11 is 1.77. The third kappa shape index (κ3) is 12.6. The molecule has 0 aliphatic heterocycles.